The Morgan fingerprint density at radius 1 is 1.31 bits per heavy atom. The summed E-state index contributed by atoms with van der Waals surface area (Å²) < 4.78 is 0. The molecule has 0 radical (unpaired) electrons. The summed E-state index contributed by atoms with van der Waals surface area (Å²) in [6, 6.07) is 6.45. The van der Waals surface area contributed by atoms with Crippen LogP contribution in [-0.4, -0.2) is 10.7 Å². The molecule has 0 saturated heterocycles. The number of aliphatic hydroxyl groups is 1. The molecule has 16 heavy (non-hydrogen) atoms. The minimum absolute atomic E-state index is 0.614. The number of allylic oxidation sites excluding steroid dienone is 1. The van der Waals surface area contributed by atoms with Crippen LogP contribution >= 0.6 is 0 Å². The highest BCUT2D eigenvalue weighted by atomic mass is 16.3. The van der Waals surface area contributed by atoms with E-state index in [1.165, 1.54) is 16.7 Å². The fourth-order valence-corrected chi connectivity index (χ4v) is 2.38. The molecule has 1 aliphatic rings. The highest BCUT2D eigenvalue weighted by Gasteiger charge is 2.26. The molecule has 1 heteroatoms. The van der Waals surface area contributed by atoms with E-state index in [1.807, 2.05) is 6.08 Å². The maximum atomic E-state index is 10.5. The Bertz CT molecular complexity index is 406. The average Bonchev–Trinajstić information content (AvgIpc) is 2.24. The molecule has 0 fully saturated rings. The van der Waals surface area contributed by atoms with Crippen molar-refractivity contribution in [3.63, 3.8) is 0 Å². The van der Waals surface area contributed by atoms with Crippen LogP contribution in [-0.2, 0) is 6.42 Å². The second-order valence-corrected chi connectivity index (χ2v) is 5.00. The Morgan fingerprint density at radius 2 is 2.12 bits per heavy atom. The second-order valence-electron chi connectivity index (χ2n) is 5.00. The Morgan fingerprint density at radius 3 is 2.81 bits per heavy atom. The number of benzene rings is 1. The number of aryl methyl sites for hydroxylation is 2. The summed E-state index contributed by atoms with van der Waals surface area (Å²) in [5.41, 5.74) is 3.20. The van der Waals surface area contributed by atoms with Crippen molar-refractivity contribution >= 4 is 0 Å². The molecular formula is C15H20O. The Kier molecular flexibility index (Phi) is 3.15. The molecule has 2 rings (SSSR count). The van der Waals surface area contributed by atoms with Gasteiger partial charge in [-0.1, -0.05) is 35.9 Å². The summed E-state index contributed by atoms with van der Waals surface area (Å²) in [6.07, 6.45) is 7.92. The van der Waals surface area contributed by atoms with E-state index >= 15 is 0 Å². The first-order chi connectivity index (χ1) is 7.59. The van der Waals surface area contributed by atoms with E-state index in [2.05, 4.69) is 38.1 Å². The van der Waals surface area contributed by atoms with E-state index in [0.29, 0.717) is 0 Å². The largest absolute Gasteiger partial charge is 0.385 e. The Hall–Kier alpha value is -1.08. The SMILES string of the molecule is Cc1ccc(C)c(CC2(O)C=CCCC2)c1. The summed E-state index contributed by atoms with van der Waals surface area (Å²) in [4.78, 5) is 0. The lowest BCUT2D eigenvalue weighted by atomic mass is 9.84. The quantitative estimate of drug-likeness (QED) is 0.752. The minimum Gasteiger partial charge on any atom is -0.385 e. The predicted molar refractivity (Wildman–Crippen MR) is 67.6 cm³/mol. The molecule has 1 N–H and O–H groups in total. The molecule has 0 aliphatic heterocycles. The van der Waals surface area contributed by atoms with Gasteiger partial charge in [-0.25, -0.2) is 0 Å². The molecule has 86 valence electrons. The third-order valence-corrected chi connectivity index (χ3v) is 3.41. The van der Waals surface area contributed by atoms with Crippen LogP contribution in [0.2, 0.25) is 0 Å². The van der Waals surface area contributed by atoms with Gasteiger partial charge in [0.05, 0.1) is 5.60 Å². The van der Waals surface area contributed by atoms with Crippen molar-refractivity contribution in [3.8, 4) is 0 Å². The Labute approximate surface area is 97.8 Å². The number of rotatable bonds is 2. The molecule has 0 bridgehead atoms. The topological polar surface area (TPSA) is 20.2 Å². The highest BCUT2D eigenvalue weighted by molar-refractivity contribution is 5.32. The van der Waals surface area contributed by atoms with Gasteiger partial charge < -0.3 is 5.11 Å². The molecule has 1 atom stereocenters. The summed E-state index contributed by atoms with van der Waals surface area (Å²) >= 11 is 0. The molecular weight excluding hydrogens is 196 g/mol. The fraction of sp³-hybridized carbons (Fsp3) is 0.467. The lowest BCUT2D eigenvalue weighted by molar-refractivity contribution is 0.0749. The molecule has 0 heterocycles. The van der Waals surface area contributed by atoms with Gasteiger partial charge in [0.2, 0.25) is 0 Å². The summed E-state index contributed by atoms with van der Waals surface area (Å²) in [7, 11) is 0. The van der Waals surface area contributed by atoms with Gasteiger partial charge in [0, 0.05) is 6.42 Å². The van der Waals surface area contributed by atoms with Gasteiger partial charge in [-0.3, -0.25) is 0 Å². The van der Waals surface area contributed by atoms with Crippen LogP contribution in [0.4, 0.5) is 0 Å². The van der Waals surface area contributed by atoms with Crippen LogP contribution in [0.5, 0.6) is 0 Å². The molecule has 0 amide bonds. The molecule has 0 spiro atoms. The first-order valence-electron chi connectivity index (χ1n) is 6.05. The van der Waals surface area contributed by atoms with E-state index in [9.17, 15) is 5.11 Å². The smallest absolute Gasteiger partial charge is 0.0868 e. The zero-order chi connectivity index (χ0) is 11.6. The summed E-state index contributed by atoms with van der Waals surface area (Å²) in [5.74, 6) is 0. The van der Waals surface area contributed by atoms with Crippen molar-refractivity contribution in [1.29, 1.82) is 0 Å². The van der Waals surface area contributed by atoms with Crippen LogP contribution in [0.25, 0.3) is 0 Å². The average molecular weight is 216 g/mol. The lowest BCUT2D eigenvalue weighted by Gasteiger charge is -2.28. The second kappa shape index (κ2) is 4.42. The van der Waals surface area contributed by atoms with Gasteiger partial charge in [-0.15, -0.1) is 0 Å². The maximum Gasteiger partial charge on any atom is 0.0868 e. The molecule has 1 nitrogen and oxygen atoms in total. The lowest BCUT2D eigenvalue weighted by Crippen LogP contribution is -2.30. The third-order valence-electron chi connectivity index (χ3n) is 3.41. The van der Waals surface area contributed by atoms with Gasteiger partial charge >= 0.3 is 0 Å². The minimum atomic E-state index is -0.614. The molecule has 1 unspecified atom stereocenters. The highest BCUT2D eigenvalue weighted by Crippen LogP contribution is 2.27. The van der Waals surface area contributed by atoms with Crippen LogP contribution in [0, 0.1) is 13.8 Å². The summed E-state index contributed by atoms with van der Waals surface area (Å²) in [6.45, 7) is 4.22. The molecule has 1 aromatic rings. The molecule has 0 saturated carbocycles. The van der Waals surface area contributed by atoms with Crippen LogP contribution in [0.1, 0.15) is 36.0 Å². The summed E-state index contributed by atoms with van der Waals surface area (Å²) in [5, 5.41) is 10.5. The zero-order valence-electron chi connectivity index (χ0n) is 10.2. The monoisotopic (exact) mass is 216 g/mol. The van der Waals surface area contributed by atoms with Crippen molar-refractivity contribution in [1.82, 2.24) is 0 Å². The van der Waals surface area contributed by atoms with Crippen LogP contribution in [0.15, 0.2) is 30.4 Å². The normalized spacial score (nSPS) is 24.7. The van der Waals surface area contributed by atoms with Crippen LogP contribution in [0.3, 0.4) is 0 Å². The van der Waals surface area contributed by atoms with Crippen LogP contribution < -0.4 is 0 Å². The molecule has 0 aromatic heterocycles. The van der Waals surface area contributed by atoms with Gasteiger partial charge in [0.15, 0.2) is 0 Å². The molecule has 1 aliphatic carbocycles. The Balaban J connectivity index is 2.22. The van der Waals surface area contributed by atoms with Crippen molar-refractivity contribution in [2.75, 3.05) is 0 Å². The van der Waals surface area contributed by atoms with E-state index in [0.717, 1.165) is 25.7 Å². The van der Waals surface area contributed by atoms with E-state index in [1.54, 1.807) is 0 Å². The maximum absolute atomic E-state index is 10.5. The van der Waals surface area contributed by atoms with Crippen molar-refractivity contribution in [2.24, 2.45) is 0 Å². The molecule has 1 aromatic carbocycles. The predicted octanol–water partition coefficient (Wildman–Crippen LogP) is 3.32. The third kappa shape index (κ3) is 2.53. The van der Waals surface area contributed by atoms with Gasteiger partial charge in [-0.2, -0.15) is 0 Å². The van der Waals surface area contributed by atoms with Gasteiger partial charge in [0.25, 0.3) is 0 Å². The fourth-order valence-electron chi connectivity index (χ4n) is 2.38. The number of hydrogen-bond acceptors (Lipinski definition) is 1. The first-order valence-corrected chi connectivity index (χ1v) is 6.05. The van der Waals surface area contributed by atoms with E-state index in [-0.39, 0.29) is 0 Å². The van der Waals surface area contributed by atoms with Gasteiger partial charge in [-0.05, 0) is 44.2 Å². The van der Waals surface area contributed by atoms with E-state index < -0.39 is 5.60 Å². The van der Waals surface area contributed by atoms with Crippen molar-refractivity contribution < 1.29 is 5.11 Å². The standard InChI is InChI=1S/C15H20O/c1-12-6-7-13(2)14(10-12)11-15(16)8-4-3-5-9-15/h4,6-8,10,16H,3,5,9,11H2,1-2H3. The number of hydrogen-bond donors (Lipinski definition) is 1. The first kappa shape index (κ1) is 11.4. The van der Waals surface area contributed by atoms with Crippen molar-refractivity contribution in [3.05, 3.63) is 47.0 Å². The van der Waals surface area contributed by atoms with Crippen molar-refractivity contribution in [2.45, 2.75) is 45.1 Å². The zero-order valence-corrected chi connectivity index (χ0v) is 10.2. The van der Waals surface area contributed by atoms with E-state index in [4.69, 9.17) is 0 Å². The van der Waals surface area contributed by atoms with Gasteiger partial charge in [0.1, 0.15) is 0 Å².